The molecule has 0 unspecified atom stereocenters. The molecule has 4 rings (SSSR count). The van der Waals surface area contributed by atoms with Gasteiger partial charge in [0.2, 0.25) is 0 Å². The first-order valence-electron chi connectivity index (χ1n) is 9.66. The van der Waals surface area contributed by atoms with Gasteiger partial charge >= 0.3 is 0 Å². The van der Waals surface area contributed by atoms with Crippen LogP contribution in [0.4, 0.5) is 11.4 Å². The van der Waals surface area contributed by atoms with Crippen LogP contribution < -0.4 is 4.90 Å². The molecule has 152 valence electrons. The van der Waals surface area contributed by atoms with E-state index in [2.05, 4.69) is 16.0 Å². The topological polar surface area (TPSA) is 108 Å². The summed E-state index contributed by atoms with van der Waals surface area (Å²) >= 11 is 0. The molecule has 0 atom stereocenters. The van der Waals surface area contributed by atoms with Crippen molar-refractivity contribution in [3.05, 3.63) is 63.0 Å². The number of hydrogen-bond donors (Lipinski definition) is 1. The number of imidazole rings is 1. The second-order valence-corrected chi connectivity index (χ2v) is 7.31. The molecule has 0 spiro atoms. The number of rotatable bonds is 4. The molecule has 1 aliphatic rings. The summed E-state index contributed by atoms with van der Waals surface area (Å²) in [6.45, 7) is 6.34. The van der Waals surface area contributed by atoms with Crippen LogP contribution in [0.3, 0.4) is 0 Å². The number of H-pyrrole nitrogens is 1. The number of fused-ring (bicyclic) bond motifs is 1. The van der Waals surface area contributed by atoms with Crippen LogP contribution in [0.25, 0.3) is 22.7 Å². The fourth-order valence-corrected chi connectivity index (χ4v) is 3.57. The summed E-state index contributed by atoms with van der Waals surface area (Å²) in [5.41, 5.74) is 5.35. The molecule has 8 nitrogen and oxygen atoms in total. The third-order valence-electron chi connectivity index (χ3n) is 5.33. The average Bonchev–Trinajstić information content (AvgIpc) is 3.15. The van der Waals surface area contributed by atoms with Crippen LogP contribution in [-0.2, 0) is 4.74 Å². The maximum atomic E-state index is 11.7. The number of nitrogens with zero attached hydrogens (tertiary/aromatic N) is 4. The third kappa shape index (κ3) is 3.75. The van der Waals surface area contributed by atoms with E-state index < -0.39 is 0 Å². The van der Waals surface area contributed by atoms with Gasteiger partial charge < -0.3 is 14.6 Å². The Balaban J connectivity index is 1.72. The number of aromatic nitrogens is 2. The highest BCUT2D eigenvalue weighted by Gasteiger charge is 2.22. The fraction of sp³-hybridized carbons (Fsp3) is 0.273. The number of nitro groups is 1. The molecular weight excluding hydrogens is 382 g/mol. The van der Waals surface area contributed by atoms with Gasteiger partial charge in [-0.25, -0.2) is 4.98 Å². The highest BCUT2D eigenvalue weighted by atomic mass is 16.6. The predicted octanol–water partition coefficient (Wildman–Crippen LogP) is 3.99. The van der Waals surface area contributed by atoms with Gasteiger partial charge in [-0.2, -0.15) is 5.26 Å². The smallest absolute Gasteiger partial charge is 0.293 e. The molecule has 1 aromatic heterocycles. The molecule has 0 radical (unpaired) electrons. The van der Waals surface area contributed by atoms with Crippen molar-refractivity contribution in [3.63, 3.8) is 0 Å². The maximum absolute atomic E-state index is 11.7. The maximum Gasteiger partial charge on any atom is 0.293 e. The van der Waals surface area contributed by atoms with Crippen molar-refractivity contribution in [2.75, 3.05) is 31.2 Å². The standard InChI is InChI=1S/C22H21N5O3/c1-14-9-18-19(10-15(14)2)25-22(24-18)17(13-23)11-16-3-4-20(21(12-16)27(28)29)26-5-7-30-8-6-26/h3-4,9-12H,5-8H2,1-2H3,(H,24,25)/b17-11-. The minimum Gasteiger partial charge on any atom is -0.378 e. The summed E-state index contributed by atoms with van der Waals surface area (Å²) < 4.78 is 5.33. The third-order valence-corrected chi connectivity index (χ3v) is 5.33. The quantitative estimate of drug-likeness (QED) is 0.401. The Morgan fingerprint density at radius 2 is 2.00 bits per heavy atom. The van der Waals surface area contributed by atoms with E-state index in [1.165, 1.54) is 6.07 Å². The Kier molecular flexibility index (Phi) is 5.21. The second kappa shape index (κ2) is 7.97. The molecule has 1 saturated heterocycles. The number of anilines is 1. The second-order valence-electron chi connectivity index (χ2n) is 7.31. The molecule has 1 N–H and O–H groups in total. The van der Waals surface area contributed by atoms with Gasteiger partial charge in [0, 0.05) is 19.2 Å². The van der Waals surface area contributed by atoms with E-state index in [0.717, 1.165) is 22.2 Å². The minimum absolute atomic E-state index is 0.0128. The number of hydrogen-bond acceptors (Lipinski definition) is 6. The monoisotopic (exact) mass is 403 g/mol. The first-order chi connectivity index (χ1) is 14.5. The van der Waals surface area contributed by atoms with E-state index in [4.69, 9.17) is 4.74 Å². The van der Waals surface area contributed by atoms with E-state index >= 15 is 0 Å². The van der Waals surface area contributed by atoms with Gasteiger partial charge in [-0.1, -0.05) is 6.07 Å². The lowest BCUT2D eigenvalue weighted by Crippen LogP contribution is -2.36. The summed E-state index contributed by atoms with van der Waals surface area (Å²) in [4.78, 5) is 20.9. The molecular formula is C22H21N5O3. The van der Waals surface area contributed by atoms with Gasteiger partial charge in [0.1, 0.15) is 17.6 Å². The number of ether oxygens (including phenoxy) is 1. The zero-order valence-corrected chi connectivity index (χ0v) is 16.8. The number of nitrogens with one attached hydrogen (secondary N) is 1. The Hall–Kier alpha value is -3.70. The predicted molar refractivity (Wildman–Crippen MR) is 115 cm³/mol. The van der Waals surface area contributed by atoms with Crippen LogP contribution >= 0.6 is 0 Å². The van der Waals surface area contributed by atoms with Crippen molar-refractivity contribution in [2.24, 2.45) is 0 Å². The average molecular weight is 403 g/mol. The summed E-state index contributed by atoms with van der Waals surface area (Å²) in [6, 6.07) is 11.1. The van der Waals surface area contributed by atoms with Crippen LogP contribution in [-0.4, -0.2) is 41.2 Å². The lowest BCUT2D eigenvalue weighted by Gasteiger charge is -2.28. The normalized spacial score (nSPS) is 14.7. The molecule has 0 aliphatic carbocycles. The van der Waals surface area contributed by atoms with Crippen LogP contribution in [0.5, 0.6) is 0 Å². The van der Waals surface area contributed by atoms with Gasteiger partial charge in [-0.15, -0.1) is 0 Å². The van der Waals surface area contributed by atoms with Gasteiger partial charge in [0.15, 0.2) is 0 Å². The number of benzene rings is 2. The molecule has 2 heterocycles. The molecule has 1 aliphatic heterocycles. The van der Waals surface area contributed by atoms with Crippen molar-refractivity contribution in [3.8, 4) is 6.07 Å². The summed E-state index contributed by atoms with van der Waals surface area (Å²) in [5.74, 6) is 0.442. The molecule has 0 saturated carbocycles. The number of morpholine rings is 1. The number of nitriles is 1. The zero-order valence-electron chi connectivity index (χ0n) is 16.8. The van der Waals surface area contributed by atoms with Crippen molar-refractivity contribution in [2.45, 2.75) is 13.8 Å². The van der Waals surface area contributed by atoms with Crippen LogP contribution in [0.1, 0.15) is 22.5 Å². The van der Waals surface area contributed by atoms with Crippen LogP contribution in [0, 0.1) is 35.3 Å². The van der Waals surface area contributed by atoms with Gasteiger partial charge in [0.05, 0.1) is 34.7 Å². The molecule has 30 heavy (non-hydrogen) atoms. The Labute approximate surface area is 173 Å². The SMILES string of the molecule is Cc1cc2nc(/C(C#N)=C\c3ccc(N4CCOCC4)c([N+](=O)[O-])c3)[nH]c2cc1C. The summed E-state index contributed by atoms with van der Waals surface area (Å²) in [5, 5.41) is 21.3. The van der Waals surface area contributed by atoms with E-state index in [-0.39, 0.29) is 10.6 Å². The molecule has 3 aromatic rings. The van der Waals surface area contributed by atoms with E-state index in [1.807, 2.05) is 30.9 Å². The molecule has 8 heteroatoms. The number of aromatic amines is 1. The molecule has 2 aromatic carbocycles. The van der Waals surface area contributed by atoms with Crippen LogP contribution in [0.15, 0.2) is 30.3 Å². The van der Waals surface area contributed by atoms with Crippen LogP contribution in [0.2, 0.25) is 0 Å². The van der Waals surface area contributed by atoms with Crippen molar-refractivity contribution >= 4 is 34.1 Å². The van der Waals surface area contributed by atoms with Crippen molar-refractivity contribution < 1.29 is 9.66 Å². The molecule has 0 bridgehead atoms. The van der Waals surface area contributed by atoms with Gasteiger partial charge in [-0.05, 0) is 54.8 Å². The highest BCUT2D eigenvalue weighted by Crippen LogP contribution is 2.31. The lowest BCUT2D eigenvalue weighted by molar-refractivity contribution is -0.384. The van der Waals surface area contributed by atoms with E-state index in [1.54, 1.807) is 18.2 Å². The molecule has 1 fully saturated rings. The highest BCUT2D eigenvalue weighted by molar-refractivity contribution is 5.91. The first-order valence-corrected chi connectivity index (χ1v) is 9.66. The Morgan fingerprint density at radius 1 is 1.27 bits per heavy atom. The number of allylic oxidation sites excluding steroid dienone is 1. The number of aryl methyl sites for hydroxylation is 2. The number of nitro benzene ring substituents is 1. The van der Waals surface area contributed by atoms with Crippen molar-refractivity contribution in [1.82, 2.24) is 9.97 Å². The molecule has 0 amide bonds. The van der Waals surface area contributed by atoms with Gasteiger partial charge in [0.25, 0.3) is 5.69 Å². The van der Waals surface area contributed by atoms with Crippen molar-refractivity contribution in [1.29, 1.82) is 5.26 Å². The largest absolute Gasteiger partial charge is 0.378 e. The van der Waals surface area contributed by atoms with E-state index in [9.17, 15) is 15.4 Å². The minimum atomic E-state index is -0.388. The summed E-state index contributed by atoms with van der Waals surface area (Å²) in [6.07, 6.45) is 1.62. The summed E-state index contributed by atoms with van der Waals surface area (Å²) in [7, 11) is 0. The Morgan fingerprint density at radius 3 is 2.70 bits per heavy atom. The zero-order chi connectivity index (χ0) is 21.3. The van der Waals surface area contributed by atoms with E-state index in [0.29, 0.717) is 49.0 Å². The lowest BCUT2D eigenvalue weighted by atomic mass is 10.1. The van der Waals surface area contributed by atoms with Gasteiger partial charge in [-0.3, -0.25) is 10.1 Å². The first kappa shape index (κ1) is 19.6. The Bertz CT molecular complexity index is 1160. The fourth-order valence-electron chi connectivity index (χ4n) is 3.57.